The minimum Gasteiger partial charge on any atom is -0.399 e. The van der Waals surface area contributed by atoms with Crippen molar-refractivity contribution in [3.8, 4) is 0 Å². The number of allylic oxidation sites excluding steroid dienone is 4. The fourth-order valence-corrected chi connectivity index (χ4v) is 2.69. The first kappa shape index (κ1) is 9.58. The molecule has 3 heteroatoms. The smallest absolute Gasteiger partial charge is 0.214 e. The van der Waals surface area contributed by atoms with E-state index in [9.17, 15) is 0 Å². The molecule has 0 aromatic rings. The van der Waals surface area contributed by atoms with Crippen LogP contribution in [0.5, 0.6) is 0 Å². The van der Waals surface area contributed by atoms with E-state index in [0.29, 0.717) is 5.92 Å². The van der Waals surface area contributed by atoms with Gasteiger partial charge in [0.25, 0.3) is 0 Å². The summed E-state index contributed by atoms with van der Waals surface area (Å²) in [5.41, 5.74) is 10.7. The van der Waals surface area contributed by atoms with E-state index in [1.54, 1.807) is 0 Å². The van der Waals surface area contributed by atoms with Crippen LogP contribution >= 0.6 is 0 Å². The van der Waals surface area contributed by atoms with E-state index < -0.39 is 0 Å². The second-order valence-corrected chi connectivity index (χ2v) is 4.52. The molecule has 2 aliphatic heterocycles. The van der Waals surface area contributed by atoms with Gasteiger partial charge in [-0.05, 0) is 31.4 Å². The summed E-state index contributed by atoms with van der Waals surface area (Å²) in [7, 11) is 2.09. The van der Waals surface area contributed by atoms with E-state index in [1.807, 2.05) is 6.21 Å². The standard InChI is InChI=1S/C13H16N3/c1-16-7-3-4-9-8-11(14)10-5-2-6-15-12(10)13(9)16/h3,6-9H,2,4-5,14H2,1H3/q+1. The van der Waals surface area contributed by atoms with Crippen LogP contribution in [0, 0.1) is 5.92 Å². The van der Waals surface area contributed by atoms with Gasteiger partial charge in [-0.2, -0.15) is 0 Å². The van der Waals surface area contributed by atoms with Gasteiger partial charge in [0.2, 0.25) is 5.71 Å². The van der Waals surface area contributed by atoms with Crippen LogP contribution in [0.2, 0.25) is 0 Å². The summed E-state index contributed by atoms with van der Waals surface area (Å²) in [4.78, 5) is 4.56. The molecule has 0 aromatic heterocycles. The SMILES string of the molecule is C[N+]1=C2C3=C(CCC=N3)C(N)=CC2CC=C1. The number of hydrogen-bond acceptors (Lipinski definition) is 2. The molecule has 1 unspecified atom stereocenters. The second kappa shape index (κ2) is 3.44. The Hall–Kier alpha value is -1.64. The van der Waals surface area contributed by atoms with Gasteiger partial charge in [-0.15, -0.1) is 0 Å². The first-order chi connectivity index (χ1) is 7.77. The van der Waals surface area contributed by atoms with Crippen LogP contribution in [0.25, 0.3) is 0 Å². The third-order valence-electron chi connectivity index (χ3n) is 3.45. The lowest BCUT2D eigenvalue weighted by atomic mass is 9.84. The summed E-state index contributed by atoms with van der Waals surface area (Å²) >= 11 is 0. The van der Waals surface area contributed by atoms with Crippen molar-refractivity contribution in [2.75, 3.05) is 7.05 Å². The Bertz CT molecular complexity index is 489. The highest BCUT2D eigenvalue weighted by atomic mass is 15.0. The lowest BCUT2D eigenvalue weighted by molar-refractivity contribution is -0.426. The van der Waals surface area contributed by atoms with E-state index in [0.717, 1.165) is 30.7 Å². The Morgan fingerprint density at radius 2 is 2.38 bits per heavy atom. The highest BCUT2D eigenvalue weighted by molar-refractivity contribution is 6.03. The van der Waals surface area contributed by atoms with Crippen LogP contribution in [-0.2, 0) is 0 Å². The summed E-state index contributed by atoms with van der Waals surface area (Å²) in [6, 6.07) is 0. The van der Waals surface area contributed by atoms with Crippen molar-refractivity contribution in [1.82, 2.24) is 0 Å². The zero-order valence-electron chi connectivity index (χ0n) is 9.48. The summed E-state index contributed by atoms with van der Waals surface area (Å²) < 4.78 is 2.18. The van der Waals surface area contributed by atoms with Gasteiger partial charge in [0, 0.05) is 17.5 Å². The summed E-state index contributed by atoms with van der Waals surface area (Å²) in [5.74, 6) is 0.406. The van der Waals surface area contributed by atoms with Gasteiger partial charge in [0.05, 0.1) is 5.92 Å². The molecule has 2 heterocycles. The molecule has 0 amide bonds. The Balaban J connectivity index is 2.20. The van der Waals surface area contributed by atoms with Gasteiger partial charge < -0.3 is 5.73 Å². The van der Waals surface area contributed by atoms with Crippen LogP contribution in [0.1, 0.15) is 19.3 Å². The Morgan fingerprint density at radius 3 is 3.25 bits per heavy atom. The van der Waals surface area contributed by atoms with E-state index in [-0.39, 0.29) is 0 Å². The molecule has 0 radical (unpaired) electrons. The van der Waals surface area contributed by atoms with Crippen LogP contribution < -0.4 is 5.73 Å². The average molecular weight is 214 g/mol. The normalized spacial score (nSPS) is 27.8. The maximum absolute atomic E-state index is 6.12. The molecule has 3 nitrogen and oxygen atoms in total. The van der Waals surface area contributed by atoms with Crippen molar-refractivity contribution in [1.29, 1.82) is 0 Å². The maximum Gasteiger partial charge on any atom is 0.214 e. The van der Waals surface area contributed by atoms with Crippen molar-refractivity contribution < 1.29 is 4.58 Å². The largest absolute Gasteiger partial charge is 0.399 e. The van der Waals surface area contributed by atoms with Gasteiger partial charge >= 0.3 is 0 Å². The number of hydrogen-bond donors (Lipinski definition) is 1. The van der Waals surface area contributed by atoms with Gasteiger partial charge in [-0.1, -0.05) is 0 Å². The summed E-state index contributed by atoms with van der Waals surface area (Å²) in [6.07, 6.45) is 11.6. The van der Waals surface area contributed by atoms with Crippen LogP contribution in [0.15, 0.2) is 40.3 Å². The minimum atomic E-state index is 0.406. The fourth-order valence-electron chi connectivity index (χ4n) is 2.69. The fraction of sp³-hybridized carbons (Fsp3) is 0.385. The Kier molecular flexibility index (Phi) is 2.06. The second-order valence-electron chi connectivity index (χ2n) is 4.52. The molecule has 3 aliphatic rings. The van der Waals surface area contributed by atoms with Crippen molar-refractivity contribution in [3.63, 3.8) is 0 Å². The lowest BCUT2D eigenvalue weighted by Crippen LogP contribution is -2.32. The van der Waals surface area contributed by atoms with Crippen molar-refractivity contribution >= 4 is 11.9 Å². The van der Waals surface area contributed by atoms with Gasteiger partial charge in [-0.3, -0.25) is 4.99 Å². The number of fused-ring (bicyclic) bond motifs is 2. The Morgan fingerprint density at radius 1 is 1.50 bits per heavy atom. The lowest BCUT2D eigenvalue weighted by Gasteiger charge is -2.25. The Labute approximate surface area is 95.4 Å². The van der Waals surface area contributed by atoms with Crippen molar-refractivity contribution in [3.05, 3.63) is 35.3 Å². The first-order valence-electron chi connectivity index (χ1n) is 5.77. The molecule has 16 heavy (non-hydrogen) atoms. The predicted octanol–water partition coefficient (Wildman–Crippen LogP) is 1.58. The number of nitrogens with two attached hydrogens (primary N) is 1. The van der Waals surface area contributed by atoms with Gasteiger partial charge in [0.15, 0.2) is 6.20 Å². The molecule has 1 aliphatic carbocycles. The highest BCUT2D eigenvalue weighted by Gasteiger charge is 2.34. The zero-order chi connectivity index (χ0) is 11.1. The number of nitrogens with zero attached hydrogens (tertiary/aromatic N) is 2. The monoisotopic (exact) mass is 214 g/mol. The molecule has 0 aromatic carbocycles. The topological polar surface area (TPSA) is 41.4 Å². The molecule has 3 rings (SSSR count). The summed E-state index contributed by atoms with van der Waals surface area (Å²) in [5, 5.41) is 0. The van der Waals surface area contributed by atoms with Crippen molar-refractivity contribution in [2.24, 2.45) is 16.6 Å². The molecular weight excluding hydrogens is 198 g/mol. The molecule has 0 spiro atoms. The average Bonchev–Trinajstić information content (AvgIpc) is 2.29. The third kappa shape index (κ3) is 1.28. The van der Waals surface area contributed by atoms with Crippen LogP contribution in [-0.4, -0.2) is 23.5 Å². The molecule has 0 saturated heterocycles. The quantitative estimate of drug-likeness (QED) is 0.611. The van der Waals surface area contributed by atoms with Crippen LogP contribution in [0.3, 0.4) is 0 Å². The minimum absolute atomic E-state index is 0.406. The zero-order valence-corrected chi connectivity index (χ0v) is 9.48. The van der Waals surface area contributed by atoms with Crippen LogP contribution in [0.4, 0.5) is 0 Å². The summed E-state index contributed by atoms with van der Waals surface area (Å²) in [6.45, 7) is 0. The molecule has 1 atom stereocenters. The van der Waals surface area contributed by atoms with Gasteiger partial charge in [0.1, 0.15) is 12.7 Å². The molecule has 0 fully saturated rings. The molecule has 82 valence electrons. The predicted molar refractivity (Wildman–Crippen MR) is 65.5 cm³/mol. The molecular formula is C13H16N3+. The van der Waals surface area contributed by atoms with E-state index in [4.69, 9.17) is 5.73 Å². The third-order valence-corrected chi connectivity index (χ3v) is 3.45. The number of rotatable bonds is 0. The maximum atomic E-state index is 6.12. The number of aliphatic imine (C=N–C) groups is 1. The van der Waals surface area contributed by atoms with Crippen molar-refractivity contribution in [2.45, 2.75) is 19.3 Å². The molecule has 2 N–H and O–H groups in total. The van der Waals surface area contributed by atoms with E-state index in [1.165, 1.54) is 11.3 Å². The van der Waals surface area contributed by atoms with E-state index in [2.05, 4.69) is 35.0 Å². The molecule has 0 bridgehead atoms. The van der Waals surface area contributed by atoms with E-state index >= 15 is 0 Å². The highest BCUT2D eigenvalue weighted by Crippen LogP contribution is 2.33. The first-order valence-corrected chi connectivity index (χ1v) is 5.77. The van der Waals surface area contributed by atoms with Gasteiger partial charge in [-0.25, -0.2) is 4.58 Å². The molecule has 0 saturated carbocycles.